The van der Waals surface area contributed by atoms with E-state index >= 15 is 0 Å². The minimum atomic E-state index is -2.25. The van der Waals surface area contributed by atoms with Crippen molar-refractivity contribution in [2.45, 2.75) is 12.8 Å². The first kappa shape index (κ1) is 10.3. The van der Waals surface area contributed by atoms with Gasteiger partial charge in [-0.15, -0.1) is 0 Å². The van der Waals surface area contributed by atoms with Gasteiger partial charge in [-0.25, -0.2) is 0 Å². The molecule has 0 aliphatic carbocycles. The summed E-state index contributed by atoms with van der Waals surface area (Å²) in [7, 11) is -2.25. The van der Waals surface area contributed by atoms with Crippen molar-refractivity contribution in [2.24, 2.45) is 0 Å². The lowest BCUT2D eigenvalue weighted by Gasteiger charge is -2.27. The molecule has 0 N–H and O–H groups in total. The SMILES string of the molecule is [O-]B([O-])Oc1ccc(N2CCCC2)cc1. The van der Waals surface area contributed by atoms with E-state index in [4.69, 9.17) is 0 Å². The molecule has 5 heteroatoms. The Bertz CT molecular complexity index is 309. The molecule has 0 radical (unpaired) electrons. The predicted octanol–water partition coefficient (Wildman–Crippen LogP) is -0.629. The van der Waals surface area contributed by atoms with E-state index in [1.54, 1.807) is 12.1 Å². The van der Waals surface area contributed by atoms with E-state index in [1.807, 2.05) is 12.1 Å². The number of nitrogens with zero attached hydrogens (tertiary/aromatic N) is 1. The Morgan fingerprint density at radius 3 is 2.20 bits per heavy atom. The quantitative estimate of drug-likeness (QED) is 0.616. The Kier molecular flexibility index (Phi) is 3.13. The summed E-state index contributed by atoms with van der Waals surface area (Å²) in [6.45, 7) is 2.15. The van der Waals surface area contributed by atoms with Crippen LogP contribution in [0.3, 0.4) is 0 Å². The summed E-state index contributed by atoms with van der Waals surface area (Å²) in [5.74, 6) is 0.341. The zero-order valence-electron chi connectivity index (χ0n) is 8.39. The van der Waals surface area contributed by atoms with Gasteiger partial charge in [0.15, 0.2) is 0 Å². The van der Waals surface area contributed by atoms with Crippen molar-refractivity contribution in [2.75, 3.05) is 18.0 Å². The molecule has 0 atom stereocenters. The van der Waals surface area contributed by atoms with Crippen LogP contribution in [-0.4, -0.2) is 20.4 Å². The van der Waals surface area contributed by atoms with Crippen LogP contribution in [0.15, 0.2) is 24.3 Å². The van der Waals surface area contributed by atoms with Gasteiger partial charge in [0.05, 0.1) is 5.75 Å². The summed E-state index contributed by atoms with van der Waals surface area (Å²) in [6, 6.07) is 7.08. The summed E-state index contributed by atoms with van der Waals surface area (Å²) in [6.07, 6.45) is 2.45. The highest BCUT2D eigenvalue weighted by atomic mass is 16.6. The van der Waals surface area contributed by atoms with Gasteiger partial charge in [0.1, 0.15) is 7.32 Å². The Morgan fingerprint density at radius 2 is 1.67 bits per heavy atom. The lowest BCUT2D eigenvalue weighted by Crippen LogP contribution is -2.50. The summed E-state index contributed by atoms with van der Waals surface area (Å²) in [4.78, 5) is 2.27. The summed E-state index contributed by atoms with van der Waals surface area (Å²) in [5, 5.41) is 20.5. The van der Waals surface area contributed by atoms with Crippen molar-refractivity contribution in [3.05, 3.63) is 24.3 Å². The molecule has 1 aliphatic heterocycles. The third kappa shape index (κ3) is 2.64. The van der Waals surface area contributed by atoms with Gasteiger partial charge in [-0.3, -0.25) is 0 Å². The van der Waals surface area contributed by atoms with Gasteiger partial charge >= 0.3 is 0 Å². The van der Waals surface area contributed by atoms with Crippen LogP contribution >= 0.6 is 0 Å². The summed E-state index contributed by atoms with van der Waals surface area (Å²) < 4.78 is 4.50. The Hall–Kier alpha value is -1.20. The van der Waals surface area contributed by atoms with Crippen LogP contribution in [0.2, 0.25) is 0 Å². The van der Waals surface area contributed by atoms with E-state index in [2.05, 4.69) is 9.55 Å². The van der Waals surface area contributed by atoms with E-state index in [9.17, 15) is 10.0 Å². The maximum atomic E-state index is 10.2. The van der Waals surface area contributed by atoms with E-state index in [-0.39, 0.29) is 0 Å². The molecule has 1 heterocycles. The van der Waals surface area contributed by atoms with Gasteiger partial charge in [-0.1, -0.05) is 0 Å². The van der Waals surface area contributed by atoms with Crippen LogP contribution in [0.4, 0.5) is 5.69 Å². The lowest BCUT2D eigenvalue weighted by atomic mass is 10.2. The summed E-state index contributed by atoms with van der Waals surface area (Å²) >= 11 is 0. The van der Waals surface area contributed by atoms with Crippen molar-refractivity contribution in [3.8, 4) is 5.75 Å². The van der Waals surface area contributed by atoms with E-state index in [0.717, 1.165) is 18.8 Å². The zero-order valence-corrected chi connectivity index (χ0v) is 8.39. The third-order valence-electron chi connectivity index (χ3n) is 2.54. The van der Waals surface area contributed by atoms with Crippen molar-refractivity contribution in [3.63, 3.8) is 0 Å². The maximum absolute atomic E-state index is 10.2. The molecule has 1 aliphatic rings. The topological polar surface area (TPSA) is 58.6 Å². The van der Waals surface area contributed by atoms with Gasteiger partial charge in [0.25, 0.3) is 0 Å². The van der Waals surface area contributed by atoms with Crippen LogP contribution in [0.1, 0.15) is 12.8 Å². The number of hydrogen-bond donors (Lipinski definition) is 0. The molecule has 0 bridgehead atoms. The van der Waals surface area contributed by atoms with Crippen LogP contribution < -0.4 is 19.6 Å². The Labute approximate surface area is 89.3 Å². The molecule has 0 spiro atoms. The molecule has 1 fully saturated rings. The van der Waals surface area contributed by atoms with Gasteiger partial charge < -0.3 is 19.6 Å². The molecule has 4 nitrogen and oxygen atoms in total. The Morgan fingerprint density at radius 1 is 1.07 bits per heavy atom. The molecule has 80 valence electrons. The zero-order chi connectivity index (χ0) is 10.7. The van der Waals surface area contributed by atoms with Crippen LogP contribution in [0.25, 0.3) is 0 Å². The lowest BCUT2D eigenvalue weighted by molar-refractivity contribution is -0.372. The standard InChI is InChI=1S/C10H12BNO3/c13-11(14)15-10-5-3-9(4-6-10)12-7-1-2-8-12/h3-6H,1-2,7-8H2/q-2. The molecule has 1 aromatic carbocycles. The van der Waals surface area contributed by atoms with E-state index < -0.39 is 7.32 Å². The molecule has 15 heavy (non-hydrogen) atoms. The second-order valence-corrected chi connectivity index (χ2v) is 3.59. The second kappa shape index (κ2) is 4.55. The highest BCUT2D eigenvalue weighted by Crippen LogP contribution is 2.22. The van der Waals surface area contributed by atoms with Crippen molar-refractivity contribution in [1.29, 1.82) is 0 Å². The van der Waals surface area contributed by atoms with Crippen LogP contribution in [0, 0.1) is 0 Å². The van der Waals surface area contributed by atoms with E-state index in [1.165, 1.54) is 12.8 Å². The van der Waals surface area contributed by atoms with Gasteiger partial charge in [-0.05, 0) is 37.1 Å². The summed E-state index contributed by atoms with van der Waals surface area (Å²) in [5.41, 5.74) is 1.12. The molecule has 0 unspecified atom stereocenters. The van der Waals surface area contributed by atoms with E-state index in [0.29, 0.717) is 5.75 Å². The monoisotopic (exact) mass is 205 g/mol. The molecule has 0 amide bonds. The fourth-order valence-electron chi connectivity index (χ4n) is 1.82. The van der Waals surface area contributed by atoms with Gasteiger partial charge in [0.2, 0.25) is 0 Å². The number of hydrogen-bond acceptors (Lipinski definition) is 4. The first-order chi connectivity index (χ1) is 7.25. The largest absolute Gasteiger partial charge is 0.860 e. The number of rotatable bonds is 3. The molecule has 1 aromatic rings. The van der Waals surface area contributed by atoms with Crippen molar-refractivity contribution >= 4 is 13.0 Å². The maximum Gasteiger partial charge on any atom is 0.133 e. The Balaban J connectivity index is 2.03. The molecule has 0 aromatic heterocycles. The number of benzene rings is 1. The second-order valence-electron chi connectivity index (χ2n) is 3.59. The highest BCUT2D eigenvalue weighted by molar-refractivity contribution is 6.29. The van der Waals surface area contributed by atoms with Crippen LogP contribution in [-0.2, 0) is 0 Å². The first-order valence-corrected chi connectivity index (χ1v) is 5.09. The average Bonchev–Trinajstić information content (AvgIpc) is 2.71. The minimum absolute atomic E-state index is 0.341. The average molecular weight is 205 g/mol. The van der Waals surface area contributed by atoms with Crippen LogP contribution in [0.5, 0.6) is 5.75 Å². The van der Waals surface area contributed by atoms with Gasteiger partial charge in [-0.2, -0.15) is 0 Å². The normalized spacial score (nSPS) is 15.5. The van der Waals surface area contributed by atoms with Crippen molar-refractivity contribution in [1.82, 2.24) is 0 Å². The van der Waals surface area contributed by atoms with Gasteiger partial charge in [0, 0.05) is 18.8 Å². The fourth-order valence-corrected chi connectivity index (χ4v) is 1.82. The molecule has 2 rings (SSSR count). The fraction of sp³-hybridized carbons (Fsp3) is 0.400. The first-order valence-electron chi connectivity index (χ1n) is 5.09. The minimum Gasteiger partial charge on any atom is -0.860 e. The molecule has 1 saturated heterocycles. The highest BCUT2D eigenvalue weighted by Gasteiger charge is 2.11. The third-order valence-corrected chi connectivity index (χ3v) is 2.54. The molecular weight excluding hydrogens is 193 g/mol. The van der Waals surface area contributed by atoms with Crippen molar-refractivity contribution < 1.29 is 14.7 Å². The molecule has 0 saturated carbocycles. The predicted molar refractivity (Wildman–Crippen MR) is 54.3 cm³/mol. The molecular formula is C10H12BNO3-2. The smallest absolute Gasteiger partial charge is 0.133 e. The number of anilines is 1.